The predicted octanol–water partition coefficient (Wildman–Crippen LogP) is 19.4. The van der Waals surface area contributed by atoms with Gasteiger partial charge in [0.2, 0.25) is 0 Å². The highest BCUT2D eigenvalue weighted by Gasteiger charge is 2.44. The normalized spacial score (nSPS) is 13.7. The van der Waals surface area contributed by atoms with Crippen LogP contribution in [0.2, 0.25) is 0 Å². The van der Waals surface area contributed by atoms with Crippen molar-refractivity contribution < 1.29 is 4.42 Å². The standard InChI is InChI=1S/C77H77BN4O/c1-44(2)53-21-19-22-54(45(3)4)70(53)82-65-26-18-17-25-62(65)79-73(82)57-24-20-23-56-55-34-27-46(39-68(55)83-72(56)57)47-37-66-69-67(38-47)81-63-35-30-49(75(8,9)10)40-58(63)59-41-51(77(14,15)16)43-61(71(59)81)78(69)60-42-50(76(11,12)13)31-36-64(60)80(66)52-32-28-48(29-33-52)74(5,6)7/h17-45H,1-16H3. The molecule has 5 nitrogen and oxygen atoms in total. The van der Waals surface area contributed by atoms with Gasteiger partial charge in [-0.15, -0.1) is 0 Å². The maximum Gasteiger partial charge on any atom is 0.252 e. The monoisotopic (exact) mass is 1080 g/mol. The summed E-state index contributed by atoms with van der Waals surface area (Å²) in [5, 5.41) is 4.78. The number of aromatic nitrogens is 3. The molecule has 5 heterocycles. The lowest BCUT2D eigenvalue weighted by Gasteiger charge is -2.41. The Balaban J connectivity index is 1.05. The molecule has 2 aliphatic rings. The molecular weight excluding hydrogens is 1010 g/mol. The zero-order valence-corrected chi connectivity index (χ0v) is 51.5. The van der Waals surface area contributed by atoms with Gasteiger partial charge in [-0.05, 0) is 173 Å². The molecule has 0 fully saturated rings. The van der Waals surface area contributed by atoms with Crippen molar-refractivity contribution in [3.05, 3.63) is 197 Å². The third-order valence-corrected chi connectivity index (χ3v) is 18.5. The van der Waals surface area contributed by atoms with Gasteiger partial charge in [0.1, 0.15) is 17.0 Å². The Morgan fingerprint density at radius 1 is 0.446 bits per heavy atom. The molecule has 0 aliphatic carbocycles. The first-order valence-corrected chi connectivity index (χ1v) is 30.3. The summed E-state index contributed by atoms with van der Waals surface area (Å²) >= 11 is 0. The van der Waals surface area contributed by atoms with Crippen molar-refractivity contribution in [3.8, 4) is 33.9 Å². The third kappa shape index (κ3) is 8.20. The van der Waals surface area contributed by atoms with Crippen LogP contribution in [0.1, 0.15) is 156 Å². The summed E-state index contributed by atoms with van der Waals surface area (Å²) in [5.74, 6) is 1.49. The van der Waals surface area contributed by atoms with Gasteiger partial charge in [0, 0.05) is 49.8 Å². The van der Waals surface area contributed by atoms with Gasteiger partial charge >= 0.3 is 0 Å². The summed E-state index contributed by atoms with van der Waals surface area (Å²) in [6.45, 7) is 37.2. The number of rotatable bonds is 6. The lowest BCUT2D eigenvalue weighted by Crippen LogP contribution is -2.60. The van der Waals surface area contributed by atoms with Crippen molar-refractivity contribution in [1.29, 1.82) is 0 Å². The van der Waals surface area contributed by atoms with E-state index in [-0.39, 0.29) is 28.4 Å². The lowest BCUT2D eigenvalue weighted by atomic mass is 9.33. The third-order valence-electron chi connectivity index (χ3n) is 18.5. The van der Waals surface area contributed by atoms with E-state index >= 15 is 0 Å². The highest BCUT2D eigenvalue weighted by Crippen LogP contribution is 2.48. The fourth-order valence-electron chi connectivity index (χ4n) is 13.8. The summed E-state index contributed by atoms with van der Waals surface area (Å²) in [6.07, 6.45) is 0. The van der Waals surface area contributed by atoms with Crippen molar-refractivity contribution in [1.82, 2.24) is 14.1 Å². The summed E-state index contributed by atoms with van der Waals surface area (Å²) in [4.78, 5) is 8.05. The average Bonchev–Trinajstić information content (AvgIpc) is 3.09. The van der Waals surface area contributed by atoms with Crippen molar-refractivity contribution in [2.45, 2.75) is 144 Å². The van der Waals surface area contributed by atoms with Gasteiger partial charge in [0.25, 0.3) is 6.71 Å². The van der Waals surface area contributed by atoms with Crippen LogP contribution in [-0.4, -0.2) is 20.8 Å². The molecule has 0 bridgehead atoms. The number of anilines is 3. The minimum absolute atomic E-state index is 0.00772. The molecule has 0 radical (unpaired) electrons. The second-order valence-corrected chi connectivity index (χ2v) is 28.9. The molecule has 6 heteroatoms. The number of nitrogens with zero attached hydrogens (tertiary/aromatic N) is 4. The second kappa shape index (κ2) is 18.2. The number of hydrogen-bond acceptors (Lipinski definition) is 3. The van der Waals surface area contributed by atoms with Crippen molar-refractivity contribution >= 4 is 94.9 Å². The minimum Gasteiger partial charge on any atom is -0.455 e. The van der Waals surface area contributed by atoms with Gasteiger partial charge in [-0.2, -0.15) is 0 Å². The molecule has 0 saturated heterocycles. The Hall–Kier alpha value is -8.09. The van der Waals surface area contributed by atoms with Gasteiger partial charge < -0.3 is 13.9 Å². The average molecular weight is 1090 g/mol. The molecule has 0 unspecified atom stereocenters. The minimum atomic E-state index is -0.0826. The van der Waals surface area contributed by atoms with E-state index in [0.29, 0.717) is 11.8 Å². The van der Waals surface area contributed by atoms with E-state index in [0.717, 1.165) is 61.2 Å². The quantitative estimate of drug-likeness (QED) is 0.156. The number of furan rings is 1. The van der Waals surface area contributed by atoms with Gasteiger partial charge in [-0.25, -0.2) is 4.98 Å². The van der Waals surface area contributed by atoms with E-state index in [1.807, 2.05) is 0 Å². The molecule has 0 N–H and O–H groups in total. The molecule has 0 spiro atoms. The van der Waals surface area contributed by atoms with Gasteiger partial charge in [-0.3, -0.25) is 4.57 Å². The first-order valence-electron chi connectivity index (χ1n) is 30.3. The van der Waals surface area contributed by atoms with Crippen LogP contribution in [0, 0.1) is 0 Å². The zero-order chi connectivity index (χ0) is 58.1. The summed E-state index contributed by atoms with van der Waals surface area (Å²) in [5.41, 5.74) is 27.3. The fraction of sp³-hybridized carbons (Fsp3) is 0.286. The molecule has 414 valence electrons. The lowest BCUT2D eigenvalue weighted by molar-refractivity contribution is 0.590. The van der Waals surface area contributed by atoms with Crippen molar-refractivity contribution in [3.63, 3.8) is 0 Å². The Morgan fingerprint density at radius 3 is 1.75 bits per heavy atom. The topological polar surface area (TPSA) is 39.1 Å². The Morgan fingerprint density at radius 2 is 1.06 bits per heavy atom. The smallest absolute Gasteiger partial charge is 0.252 e. The SMILES string of the molecule is CC(C)c1cccc(C(C)C)c1-n1c(-c2cccc3c2oc2cc(-c4cc5c6c(c4)-n4c7ccc(C(C)(C)C)cc7c7cc(C(C)(C)C)cc(c74)B6c4cc(C(C)(C)C)ccc4N5c4ccc(C(C)(C)C)cc4)ccc23)nc2ccccc21. The van der Waals surface area contributed by atoms with Gasteiger partial charge in [0.15, 0.2) is 0 Å². The van der Waals surface area contributed by atoms with Crippen LogP contribution in [0.4, 0.5) is 17.1 Å². The summed E-state index contributed by atoms with van der Waals surface area (Å²) in [7, 11) is 0. The Bertz CT molecular complexity index is 4640. The molecule has 83 heavy (non-hydrogen) atoms. The zero-order valence-electron chi connectivity index (χ0n) is 51.5. The maximum absolute atomic E-state index is 7.30. The van der Waals surface area contributed by atoms with E-state index < -0.39 is 0 Å². The molecule has 3 aromatic heterocycles. The highest BCUT2D eigenvalue weighted by molar-refractivity contribution is 7.00. The van der Waals surface area contributed by atoms with E-state index in [1.165, 1.54) is 94.3 Å². The van der Waals surface area contributed by atoms with E-state index in [1.54, 1.807) is 0 Å². The first kappa shape index (κ1) is 53.0. The van der Waals surface area contributed by atoms with Gasteiger partial charge in [-0.1, -0.05) is 196 Å². The van der Waals surface area contributed by atoms with E-state index in [9.17, 15) is 0 Å². The Kier molecular flexibility index (Phi) is 11.6. The van der Waals surface area contributed by atoms with Crippen LogP contribution < -0.4 is 21.3 Å². The molecule has 2 aliphatic heterocycles. The summed E-state index contributed by atoms with van der Waals surface area (Å²) < 4.78 is 12.4. The molecule has 0 amide bonds. The largest absolute Gasteiger partial charge is 0.455 e. The molecule has 12 aromatic rings. The predicted molar refractivity (Wildman–Crippen MR) is 356 cm³/mol. The Labute approximate surface area is 491 Å². The fourth-order valence-corrected chi connectivity index (χ4v) is 13.8. The molecule has 0 saturated carbocycles. The van der Waals surface area contributed by atoms with Crippen LogP contribution >= 0.6 is 0 Å². The highest BCUT2D eigenvalue weighted by atomic mass is 16.3. The van der Waals surface area contributed by atoms with Gasteiger partial charge in [0.05, 0.1) is 27.8 Å². The van der Waals surface area contributed by atoms with Crippen LogP contribution in [0.3, 0.4) is 0 Å². The maximum atomic E-state index is 7.30. The first-order chi connectivity index (χ1) is 39.3. The van der Waals surface area contributed by atoms with Crippen molar-refractivity contribution in [2.24, 2.45) is 0 Å². The van der Waals surface area contributed by atoms with Crippen LogP contribution in [-0.2, 0) is 21.7 Å². The van der Waals surface area contributed by atoms with E-state index in [4.69, 9.17) is 9.40 Å². The number of para-hydroxylation sites is 4. The van der Waals surface area contributed by atoms with Crippen LogP contribution in [0.25, 0.3) is 88.7 Å². The number of benzene rings is 9. The molecule has 14 rings (SSSR count). The molecule has 9 aromatic carbocycles. The summed E-state index contributed by atoms with van der Waals surface area (Å²) in [6, 6.07) is 62.9. The van der Waals surface area contributed by atoms with Crippen LogP contribution in [0.15, 0.2) is 168 Å². The second-order valence-electron chi connectivity index (χ2n) is 28.9. The number of fused-ring (bicyclic) bond motifs is 11. The van der Waals surface area contributed by atoms with Crippen LogP contribution in [0.5, 0.6) is 0 Å². The molecule has 0 atom stereocenters. The van der Waals surface area contributed by atoms with E-state index in [2.05, 4.69) is 289 Å². The number of imidazole rings is 1. The van der Waals surface area contributed by atoms with Crippen molar-refractivity contribution in [2.75, 3.05) is 4.90 Å². The number of hydrogen-bond donors (Lipinski definition) is 0. The molecular formula is C77H77BN4O.